The van der Waals surface area contributed by atoms with Gasteiger partial charge < -0.3 is 10.0 Å². The summed E-state index contributed by atoms with van der Waals surface area (Å²) in [5.74, 6) is 2.72. The number of aromatic nitrogens is 1. The van der Waals surface area contributed by atoms with Gasteiger partial charge in [0.1, 0.15) is 5.82 Å². The van der Waals surface area contributed by atoms with Crippen LogP contribution in [0, 0.1) is 18.3 Å². The molecule has 1 aliphatic rings. The number of anilines is 1. The van der Waals surface area contributed by atoms with Gasteiger partial charge in [-0.25, -0.2) is 9.78 Å². The Kier molecular flexibility index (Phi) is 3.73. The average Bonchev–Trinajstić information content (AvgIpc) is 3.13. The molecule has 2 rings (SSSR count). The number of rotatable bonds is 5. The second-order valence-corrected chi connectivity index (χ2v) is 4.76. The molecule has 1 N–H and O–H groups in total. The molecule has 0 spiro atoms. The summed E-state index contributed by atoms with van der Waals surface area (Å²) in [7, 11) is 0. The van der Waals surface area contributed by atoms with Crippen molar-refractivity contribution >= 4 is 23.4 Å². The summed E-state index contributed by atoms with van der Waals surface area (Å²) in [6, 6.07) is 1.48. The fraction of sp³-hybridized carbons (Fsp3) is 0.385. The summed E-state index contributed by atoms with van der Waals surface area (Å²) in [6.07, 6.45) is 9.08. The quantitative estimate of drug-likeness (QED) is 0.829. The van der Waals surface area contributed by atoms with Gasteiger partial charge in [0.05, 0.1) is 17.1 Å². The van der Waals surface area contributed by atoms with Gasteiger partial charge in [-0.15, -0.1) is 6.42 Å². The van der Waals surface area contributed by atoms with Crippen LogP contribution in [0.3, 0.4) is 0 Å². The maximum Gasteiger partial charge on any atom is 0.337 e. The number of aromatic carboxylic acids is 1. The van der Waals surface area contributed by atoms with E-state index >= 15 is 0 Å². The number of pyridine rings is 1. The van der Waals surface area contributed by atoms with Crippen LogP contribution in [0.1, 0.15) is 23.2 Å². The maximum atomic E-state index is 11.0. The topological polar surface area (TPSA) is 53.4 Å². The molecule has 1 aromatic heterocycles. The molecular formula is C13H13ClN2O2. The van der Waals surface area contributed by atoms with Gasteiger partial charge in [-0.05, 0) is 24.8 Å². The molecule has 0 amide bonds. The van der Waals surface area contributed by atoms with Gasteiger partial charge in [0.2, 0.25) is 0 Å². The van der Waals surface area contributed by atoms with Gasteiger partial charge in [-0.3, -0.25) is 0 Å². The second kappa shape index (κ2) is 5.28. The minimum Gasteiger partial charge on any atom is -0.478 e. The predicted octanol–water partition coefficient (Wildman–Crippen LogP) is 2.28. The van der Waals surface area contributed by atoms with E-state index in [4.69, 9.17) is 23.1 Å². The van der Waals surface area contributed by atoms with E-state index in [0.29, 0.717) is 18.3 Å². The van der Waals surface area contributed by atoms with E-state index < -0.39 is 5.97 Å². The molecule has 0 saturated heterocycles. The van der Waals surface area contributed by atoms with Gasteiger partial charge in [0, 0.05) is 12.7 Å². The van der Waals surface area contributed by atoms with Crippen molar-refractivity contribution in [3.8, 4) is 12.3 Å². The summed E-state index contributed by atoms with van der Waals surface area (Å²) in [5.41, 5.74) is 0.0551. The first-order chi connectivity index (χ1) is 8.61. The van der Waals surface area contributed by atoms with Crippen LogP contribution < -0.4 is 4.90 Å². The lowest BCUT2D eigenvalue weighted by Crippen LogP contribution is -2.27. The van der Waals surface area contributed by atoms with Crippen LogP contribution in [0.15, 0.2) is 12.3 Å². The predicted molar refractivity (Wildman–Crippen MR) is 70.0 cm³/mol. The number of hydrogen-bond acceptors (Lipinski definition) is 3. The van der Waals surface area contributed by atoms with Crippen LogP contribution in [0.25, 0.3) is 0 Å². The van der Waals surface area contributed by atoms with Crippen molar-refractivity contribution in [1.29, 1.82) is 0 Å². The molecule has 0 unspecified atom stereocenters. The van der Waals surface area contributed by atoms with E-state index in [9.17, 15) is 4.79 Å². The van der Waals surface area contributed by atoms with Gasteiger partial charge in [0.15, 0.2) is 0 Å². The lowest BCUT2D eigenvalue weighted by atomic mass is 10.2. The zero-order valence-corrected chi connectivity index (χ0v) is 10.5. The molecular weight excluding hydrogens is 252 g/mol. The molecule has 0 aromatic carbocycles. The fourth-order valence-corrected chi connectivity index (χ4v) is 1.91. The van der Waals surface area contributed by atoms with E-state index in [1.165, 1.54) is 25.1 Å². The van der Waals surface area contributed by atoms with Gasteiger partial charge in [-0.2, -0.15) is 0 Å². The summed E-state index contributed by atoms with van der Waals surface area (Å²) in [5, 5.41) is 9.16. The molecule has 1 fully saturated rings. The highest BCUT2D eigenvalue weighted by Gasteiger charge is 2.25. The van der Waals surface area contributed by atoms with Gasteiger partial charge in [0.25, 0.3) is 0 Å². The Morgan fingerprint density at radius 2 is 2.39 bits per heavy atom. The Balaban J connectivity index is 2.26. The number of halogens is 1. The summed E-state index contributed by atoms with van der Waals surface area (Å²) >= 11 is 5.79. The van der Waals surface area contributed by atoms with Crippen molar-refractivity contribution in [3.63, 3.8) is 0 Å². The third-order valence-corrected chi connectivity index (χ3v) is 3.15. The summed E-state index contributed by atoms with van der Waals surface area (Å²) < 4.78 is 0. The van der Waals surface area contributed by atoms with E-state index in [-0.39, 0.29) is 10.6 Å². The third kappa shape index (κ3) is 2.93. The highest BCUT2D eigenvalue weighted by Crippen LogP contribution is 2.31. The minimum absolute atomic E-state index is 0.0551. The lowest BCUT2D eigenvalue weighted by Gasteiger charge is -2.21. The molecule has 94 valence electrons. The first-order valence-electron chi connectivity index (χ1n) is 5.69. The van der Waals surface area contributed by atoms with Crippen molar-refractivity contribution in [2.75, 3.05) is 18.0 Å². The molecule has 1 heterocycles. The Bertz CT molecular complexity index is 506. The summed E-state index contributed by atoms with van der Waals surface area (Å²) in [4.78, 5) is 17.1. The van der Waals surface area contributed by atoms with E-state index in [1.807, 2.05) is 4.90 Å². The van der Waals surface area contributed by atoms with E-state index in [2.05, 4.69) is 10.9 Å². The van der Waals surface area contributed by atoms with Crippen molar-refractivity contribution in [2.45, 2.75) is 12.8 Å². The standard InChI is InChI=1S/C13H13ClN2O2/c1-2-5-16(8-9-3-4-9)12-6-10(13(17)18)11(14)7-15-12/h1,6-7,9H,3-5,8H2,(H,17,18). The largest absolute Gasteiger partial charge is 0.478 e. The van der Waals surface area contributed by atoms with Crippen LogP contribution in [0.4, 0.5) is 5.82 Å². The molecule has 0 radical (unpaired) electrons. The molecule has 5 heteroatoms. The highest BCUT2D eigenvalue weighted by atomic mass is 35.5. The van der Waals surface area contributed by atoms with Crippen LogP contribution in [0.5, 0.6) is 0 Å². The van der Waals surface area contributed by atoms with Crippen molar-refractivity contribution in [3.05, 3.63) is 22.8 Å². The molecule has 4 nitrogen and oxygen atoms in total. The Hall–Kier alpha value is -1.73. The van der Waals surface area contributed by atoms with Crippen LogP contribution in [-0.2, 0) is 0 Å². The fourth-order valence-electron chi connectivity index (χ4n) is 1.73. The number of nitrogens with zero attached hydrogens (tertiary/aromatic N) is 2. The van der Waals surface area contributed by atoms with E-state index in [0.717, 1.165) is 6.54 Å². The Morgan fingerprint density at radius 3 is 2.94 bits per heavy atom. The molecule has 1 saturated carbocycles. The maximum absolute atomic E-state index is 11.0. The molecule has 18 heavy (non-hydrogen) atoms. The number of hydrogen-bond donors (Lipinski definition) is 1. The number of carboxylic acids is 1. The molecule has 1 aliphatic carbocycles. The zero-order valence-electron chi connectivity index (χ0n) is 9.77. The molecule has 0 atom stereocenters. The third-order valence-electron chi connectivity index (χ3n) is 2.85. The van der Waals surface area contributed by atoms with Crippen LogP contribution in [-0.4, -0.2) is 29.1 Å². The van der Waals surface area contributed by atoms with E-state index in [1.54, 1.807) is 0 Å². The first kappa shape index (κ1) is 12.7. The van der Waals surface area contributed by atoms with Crippen LogP contribution >= 0.6 is 11.6 Å². The normalized spacial score (nSPS) is 14.0. The average molecular weight is 265 g/mol. The van der Waals surface area contributed by atoms with Crippen LogP contribution in [0.2, 0.25) is 5.02 Å². The van der Waals surface area contributed by atoms with Crippen molar-refractivity contribution in [2.24, 2.45) is 5.92 Å². The lowest BCUT2D eigenvalue weighted by molar-refractivity contribution is 0.0697. The SMILES string of the molecule is C#CCN(CC1CC1)c1cc(C(=O)O)c(Cl)cn1. The van der Waals surface area contributed by atoms with Gasteiger partial charge in [-0.1, -0.05) is 17.5 Å². The highest BCUT2D eigenvalue weighted by molar-refractivity contribution is 6.33. The Labute approximate surface area is 111 Å². The second-order valence-electron chi connectivity index (χ2n) is 4.36. The summed E-state index contributed by atoms with van der Waals surface area (Å²) in [6.45, 7) is 1.24. The molecule has 1 aromatic rings. The zero-order chi connectivity index (χ0) is 13.1. The smallest absolute Gasteiger partial charge is 0.337 e. The van der Waals surface area contributed by atoms with Crippen molar-refractivity contribution in [1.82, 2.24) is 4.98 Å². The first-order valence-corrected chi connectivity index (χ1v) is 6.07. The Morgan fingerprint density at radius 1 is 1.67 bits per heavy atom. The number of carboxylic acid groups (broad SMARTS) is 1. The number of terminal acetylenes is 1. The minimum atomic E-state index is -1.06. The van der Waals surface area contributed by atoms with Gasteiger partial charge >= 0.3 is 5.97 Å². The van der Waals surface area contributed by atoms with Crippen molar-refractivity contribution < 1.29 is 9.90 Å². The number of carbonyl (C=O) groups is 1. The molecule has 0 bridgehead atoms. The monoisotopic (exact) mass is 264 g/mol. The molecule has 0 aliphatic heterocycles.